The van der Waals surface area contributed by atoms with Crippen LogP contribution in [0.5, 0.6) is 5.75 Å². The highest BCUT2D eigenvalue weighted by molar-refractivity contribution is 7.99. The molecule has 13 nitrogen and oxygen atoms in total. The number of aryl methyl sites for hydroxylation is 2. The molecule has 3 aromatic rings. The normalized spacial score (nSPS) is 15.1. The lowest BCUT2D eigenvalue weighted by Gasteiger charge is -2.31. The highest BCUT2D eigenvalue weighted by atomic mass is 32.2. The number of aromatic nitrogens is 4. The van der Waals surface area contributed by atoms with Crippen molar-refractivity contribution in [2.45, 2.75) is 49.7 Å². The predicted octanol–water partition coefficient (Wildman–Crippen LogP) is 2.77. The third-order valence-corrected chi connectivity index (χ3v) is 9.67. The SMILES string of the molecule is CCCc1nn(C)c2c(=O)[nH]c(-c3cc(S(=O)(=O)N4CCC(SCCO[N+](=O)[O-])CC4)ccc3OCC)nc12. The maximum absolute atomic E-state index is 13.6. The molecule has 0 bridgehead atoms. The van der Waals surface area contributed by atoms with Gasteiger partial charge in [-0.05, 0) is 44.4 Å². The topological polar surface area (TPSA) is 163 Å². The quantitative estimate of drug-likeness (QED) is 0.191. The zero-order valence-electron chi connectivity index (χ0n) is 22.1. The van der Waals surface area contributed by atoms with Gasteiger partial charge in [-0.2, -0.15) is 21.2 Å². The molecule has 2 aromatic heterocycles. The number of nitrogens with zero attached hydrogens (tertiary/aromatic N) is 5. The molecule has 1 N–H and O–H groups in total. The lowest BCUT2D eigenvalue weighted by molar-refractivity contribution is -0.756. The number of nitrogens with one attached hydrogen (secondary N) is 1. The maximum atomic E-state index is 13.6. The van der Waals surface area contributed by atoms with Crippen LogP contribution in [0.3, 0.4) is 0 Å². The molecule has 39 heavy (non-hydrogen) atoms. The van der Waals surface area contributed by atoms with E-state index >= 15 is 0 Å². The van der Waals surface area contributed by atoms with E-state index in [1.165, 1.54) is 21.1 Å². The van der Waals surface area contributed by atoms with Crippen LogP contribution in [-0.4, -0.2) is 74.9 Å². The van der Waals surface area contributed by atoms with Crippen molar-refractivity contribution in [1.82, 2.24) is 24.1 Å². The van der Waals surface area contributed by atoms with Crippen LogP contribution in [0.25, 0.3) is 22.4 Å². The standard InChI is InChI=1S/C24H32N6O7S2/c1-4-6-19-21-22(28(3)27-19)24(31)26-23(25-21)18-15-17(7-8-20(18)36-5-2)39(34,35)29-11-9-16(10-12-29)38-14-13-37-30(32)33/h7-8,15-16H,4-6,9-14H2,1-3H3,(H,25,26,31). The zero-order chi connectivity index (χ0) is 28.2. The lowest BCUT2D eigenvalue weighted by Crippen LogP contribution is -2.39. The first-order valence-electron chi connectivity index (χ1n) is 12.8. The number of hydrogen-bond donors (Lipinski definition) is 1. The van der Waals surface area contributed by atoms with Crippen molar-refractivity contribution < 1.29 is 23.1 Å². The van der Waals surface area contributed by atoms with Gasteiger partial charge in [-0.25, -0.2) is 13.4 Å². The number of ether oxygens (including phenoxy) is 1. The van der Waals surface area contributed by atoms with E-state index in [9.17, 15) is 23.3 Å². The molecular weight excluding hydrogens is 548 g/mol. The van der Waals surface area contributed by atoms with Gasteiger partial charge in [0.25, 0.3) is 10.6 Å². The Bertz CT molecular complexity index is 1500. The highest BCUT2D eigenvalue weighted by Crippen LogP contribution is 2.33. The fourth-order valence-corrected chi connectivity index (χ4v) is 7.18. The van der Waals surface area contributed by atoms with Gasteiger partial charge in [0.2, 0.25) is 10.0 Å². The first-order chi connectivity index (χ1) is 18.6. The monoisotopic (exact) mass is 580 g/mol. The Morgan fingerprint density at radius 2 is 2.00 bits per heavy atom. The number of hydrogen-bond acceptors (Lipinski definition) is 10. The maximum Gasteiger partial charge on any atom is 0.294 e. The molecule has 0 spiro atoms. The van der Waals surface area contributed by atoms with Gasteiger partial charge in [-0.15, -0.1) is 10.1 Å². The van der Waals surface area contributed by atoms with E-state index in [0.29, 0.717) is 72.8 Å². The average Bonchev–Trinajstić information content (AvgIpc) is 3.22. The molecule has 1 aliphatic rings. The highest BCUT2D eigenvalue weighted by Gasteiger charge is 2.30. The summed E-state index contributed by atoms with van der Waals surface area (Å²) in [7, 11) is -2.14. The van der Waals surface area contributed by atoms with Gasteiger partial charge < -0.3 is 14.6 Å². The summed E-state index contributed by atoms with van der Waals surface area (Å²) in [6, 6.07) is 4.59. The number of thioether (sulfide) groups is 1. The van der Waals surface area contributed by atoms with Crippen LogP contribution >= 0.6 is 11.8 Å². The van der Waals surface area contributed by atoms with Crippen molar-refractivity contribution in [3.8, 4) is 17.1 Å². The van der Waals surface area contributed by atoms with Gasteiger partial charge in [0.15, 0.2) is 5.52 Å². The molecular formula is C24H32N6O7S2. The summed E-state index contributed by atoms with van der Waals surface area (Å²) in [5, 5.41) is 14.1. The van der Waals surface area contributed by atoms with Crippen LogP contribution in [0.2, 0.25) is 0 Å². The first kappa shape index (κ1) is 28.8. The summed E-state index contributed by atoms with van der Waals surface area (Å²) in [5.41, 5.74) is 1.55. The van der Waals surface area contributed by atoms with Crippen molar-refractivity contribution in [3.63, 3.8) is 0 Å². The smallest absolute Gasteiger partial charge is 0.294 e. The summed E-state index contributed by atoms with van der Waals surface area (Å²) in [6.07, 6.45) is 2.73. The van der Waals surface area contributed by atoms with Gasteiger partial charge in [0, 0.05) is 31.1 Å². The van der Waals surface area contributed by atoms with Gasteiger partial charge in [0.1, 0.15) is 23.7 Å². The molecule has 1 aromatic carbocycles. The Kier molecular flexibility index (Phi) is 9.12. The Morgan fingerprint density at radius 1 is 1.26 bits per heavy atom. The van der Waals surface area contributed by atoms with E-state index in [1.54, 1.807) is 24.9 Å². The molecule has 0 amide bonds. The minimum absolute atomic E-state index is 0.00599. The van der Waals surface area contributed by atoms with Crippen molar-refractivity contribution in [3.05, 3.63) is 44.4 Å². The molecule has 1 saturated heterocycles. The van der Waals surface area contributed by atoms with Crippen LogP contribution in [0, 0.1) is 10.1 Å². The number of fused-ring (bicyclic) bond motifs is 1. The van der Waals surface area contributed by atoms with Crippen molar-refractivity contribution >= 4 is 32.8 Å². The summed E-state index contributed by atoms with van der Waals surface area (Å²) < 4.78 is 35.9. The molecule has 0 saturated carbocycles. The van der Waals surface area contributed by atoms with E-state index in [4.69, 9.17) is 9.72 Å². The van der Waals surface area contributed by atoms with Crippen molar-refractivity contribution in [2.75, 3.05) is 32.1 Å². The largest absolute Gasteiger partial charge is 0.493 e. The number of piperidine rings is 1. The van der Waals surface area contributed by atoms with Crippen LogP contribution in [0.1, 0.15) is 38.8 Å². The molecule has 0 unspecified atom stereocenters. The van der Waals surface area contributed by atoms with Crippen LogP contribution < -0.4 is 10.3 Å². The second-order valence-electron chi connectivity index (χ2n) is 9.05. The summed E-state index contributed by atoms with van der Waals surface area (Å²) in [6.45, 7) is 4.84. The Morgan fingerprint density at radius 3 is 2.67 bits per heavy atom. The molecule has 1 aliphatic heterocycles. The van der Waals surface area contributed by atoms with Crippen molar-refractivity contribution in [1.29, 1.82) is 0 Å². The van der Waals surface area contributed by atoms with Gasteiger partial charge in [-0.3, -0.25) is 9.48 Å². The Balaban J connectivity index is 1.61. The van der Waals surface area contributed by atoms with Gasteiger partial charge in [0.05, 0.1) is 22.8 Å². The predicted molar refractivity (Wildman–Crippen MR) is 147 cm³/mol. The molecule has 0 aliphatic carbocycles. The third-order valence-electron chi connectivity index (χ3n) is 6.43. The second-order valence-corrected chi connectivity index (χ2v) is 12.4. The molecule has 0 radical (unpaired) electrons. The molecule has 15 heteroatoms. The zero-order valence-corrected chi connectivity index (χ0v) is 23.7. The fourth-order valence-electron chi connectivity index (χ4n) is 4.63. The number of H-pyrrole nitrogens is 1. The van der Waals surface area contributed by atoms with Crippen LogP contribution in [0.15, 0.2) is 27.9 Å². The van der Waals surface area contributed by atoms with Crippen molar-refractivity contribution in [2.24, 2.45) is 7.05 Å². The number of benzene rings is 1. The van der Waals surface area contributed by atoms with Crippen LogP contribution in [-0.2, 0) is 28.3 Å². The molecule has 3 heterocycles. The number of sulfonamides is 1. The molecule has 1 fully saturated rings. The van der Waals surface area contributed by atoms with E-state index in [0.717, 1.165) is 6.42 Å². The minimum Gasteiger partial charge on any atom is -0.493 e. The number of rotatable bonds is 12. The molecule has 4 rings (SSSR count). The Hall–Kier alpha value is -3.17. The third kappa shape index (κ3) is 6.36. The average molecular weight is 581 g/mol. The molecule has 0 atom stereocenters. The fraction of sp³-hybridized carbons (Fsp3) is 0.542. The van der Waals surface area contributed by atoms with E-state index in [-0.39, 0.29) is 28.1 Å². The number of aromatic amines is 1. The van der Waals surface area contributed by atoms with Gasteiger partial charge in [-0.1, -0.05) is 13.3 Å². The molecule has 212 valence electrons. The van der Waals surface area contributed by atoms with E-state index < -0.39 is 15.1 Å². The van der Waals surface area contributed by atoms with Gasteiger partial charge >= 0.3 is 0 Å². The van der Waals surface area contributed by atoms with Crippen LogP contribution in [0.4, 0.5) is 0 Å². The first-order valence-corrected chi connectivity index (χ1v) is 15.3. The van der Waals surface area contributed by atoms with E-state index in [2.05, 4.69) is 14.9 Å². The lowest BCUT2D eigenvalue weighted by atomic mass is 10.1. The minimum atomic E-state index is -3.83. The second kappa shape index (κ2) is 12.3. The van der Waals surface area contributed by atoms with E-state index in [1.807, 2.05) is 13.8 Å². The summed E-state index contributed by atoms with van der Waals surface area (Å²) in [5.74, 6) is 1.09. The summed E-state index contributed by atoms with van der Waals surface area (Å²) in [4.78, 5) is 35.2. The summed E-state index contributed by atoms with van der Waals surface area (Å²) >= 11 is 1.55. The Labute approximate surface area is 230 Å².